The summed E-state index contributed by atoms with van der Waals surface area (Å²) in [6, 6.07) is 3.42. The van der Waals surface area contributed by atoms with E-state index in [0.717, 1.165) is 21.5 Å². The highest BCUT2D eigenvalue weighted by Gasteiger charge is 2.09. The summed E-state index contributed by atoms with van der Waals surface area (Å²) < 4.78 is 29.0. The Labute approximate surface area is 188 Å². The first-order valence-electron chi connectivity index (χ1n) is 8.86. The molecule has 0 atom stereocenters. The van der Waals surface area contributed by atoms with Gasteiger partial charge in [-0.3, -0.25) is 9.13 Å². The highest BCUT2D eigenvalue weighted by atomic mass is 32.1. The Morgan fingerprint density at radius 1 is 0.969 bits per heavy atom. The molecule has 0 saturated heterocycles. The molecular formula is C19H17F2N7O2S2. The van der Waals surface area contributed by atoms with E-state index >= 15 is 0 Å². The molecule has 0 amide bonds. The zero-order valence-electron chi connectivity index (χ0n) is 16.8. The molecule has 0 spiro atoms. The predicted octanol–water partition coefficient (Wildman–Crippen LogP) is 2.67. The summed E-state index contributed by atoms with van der Waals surface area (Å²) in [6.07, 6.45) is 3.52. The maximum Gasteiger partial charge on any atom is 0.354 e. The smallest absolute Gasteiger partial charge is 0.354 e. The maximum atomic E-state index is 13.7. The standard InChI is InChI=1S/C11H11FN4OS.C8H6FN3OS/c1-15(2)7-13-10-9(12)5-16(11(17)14-10)8-3-4-18-6-8;9-6-3-12(5-1-2-14-4-5)8(13)11-7(6)10/h3-7H,1-2H3;1-4H,(H2,10,11,13). The van der Waals surface area contributed by atoms with Crippen molar-refractivity contribution < 1.29 is 8.78 Å². The van der Waals surface area contributed by atoms with Gasteiger partial charge in [0.25, 0.3) is 0 Å². The molecule has 13 heteroatoms. The Hall–Kier alpha value is -3.71. The second kappa shape index (κ2) is 10.1. The fourth-order valence-electron chi connectivity index (χ4n) is 2.29. The van der Waals surface area contributed by atoms with Crippen LogP contribution in [0.25, 0.3) is 11.4 Å². The molecule has 0 aliphatic heterocycles. The number of aromatic nitrogens is 4. The van der Waals surface area contributed by atoms with Crippen LogP contribution in [0.15, 0.2) is 60.6 Å². The average molecular weight is 478 g/mol. The van der Waals surface area contributed by atoms with Gasteiger partial charge in [-0.2, -0.15) is 32.6 Å². The Morgan fingerprint density at radius 3 is 2.00 bits per heavy atom. The third-order valence-corrected chi connectivity index (χ3v) is 5.09. The molecule has 0 fully saturated rings. The van der Waals surface area contributed by atoms with Gasteiger partial charge in [-0.25, -0.2) is 23.4 Å². The van der Waals surface area contributed by atoms with E-state index in [1.54, 1.807) is 52.6 Å². The number of hydrogen-bond donors (Lipinski definition) is 1. The third kappa shape index (κ3) is 5.50. The number of nitrogen functional groups attached to an aromatic ring is 1. The monoisotopic (exact) mass is 477 g/mol. The lowest BCUT2D eigenvalue weighted by atomic mass is 10.5. The Balaban J connectivity index is 0.000000186. The van der Waals surface area contributed by atoms with Crippen LogP contribution in [0.2, 0.25) is 0 Å². The van der Waals surface area contributed by atoms with Gasteiger partial charge in [-0.1, -0.05) is 0 Å². The van der Waals surface area contributed by atoms with Crippen LogP contribution in [0, 0.1) is 11.6 Å². The number of halogens is 2. The fourth-order valence-corrected chi connectivity index (χ4v) is 3.54. The molecule has 0 bridgehead atoms. The molecule has 32 heavy (non-hydrogen) atoms. The molecule has 2 N–H and O–H groups in total. The van der Waals surface area contributed by atoms with Crippen molar-refractivity contribution in [3.05, 3.63) is 78.6 Å². The van der Waals surface area contributed by atoms with Gasteiger partial charge in [0.15, 0.2) is 23.3 Å². The largest absolute Gasteiger partial charge is 0.381 e. The lowest BCUT2D eigenvalue weighted by Gasteiger charge is -2.04. The Morgan fingerprint density at radius 2 is 1.50 bits per heavy atom. The molecule has 0 saturated carbocycles. The van der Waals surface area contributed by atoms with Crippen molar-refractivity contribution in [1.29, 1.82) is 0 Å². The summed E-state index contributed by atoms with van der Waals surface area (Å²) in [5.41, 5.74) is 5.20. The fraction of sp³-hybridized carbons (Fsp3) is 0.105. The van der Waals surface area contributed by atoms with Crippen LogP contribution in [0.5, 0.6) is 0 Å². The van der Waals surface area contributed by atoms with E-state index in [0.29, 0.717) is 11.4 Å². The first-order valence-corrected chi connectivity index (χ1v) is 10.7. The summed E-state index contributed by atoms with van der Waals surface area (Å²) in [5, 5.41) is 7.05. The van der Waals surface area contributed by atoms with Crippen LogP contribution in [-0.2, 0) is 0 Å². The predicted molar refractivity (Wildman–Crippen MR) is 122 cm³/mol. The first-order chi connectivity index (χ1) is 15.3. The van der Waals surface area contributed by atoms with Gasteiger partial charge < -0.3 is 10.6 Å². The van der Waals surface area contributed by atoms with Crippen molar-refractivity contribution in [1.82, 2.24) is 24.0 Å². The summed E-state index contributed by atoms with van der Waals surface area (Å²) in [4.78, 5) is 35.4. The second-order valence-electron chi connectivity index (χ2n) is 6.36. The molecule has 166 valence electrons. The molecule has 4 aromatic heterocycles. The average Bonchev–Trinajstić information content (AvgIpc) is 3.46. The van der Waals surface area contributed by atoms with Gasteiger partial charge in [-0.05, 0) is 22.9 Å². The van der Waals surface area contributed by atoms with Crippen molar-refractivity contribution in [3.8, 4) is 11.4 Å². The second-order valence-corrected chi connectivity index (χ2v) is 7.92. The van der Waals surface area contributed by atoms with E-state index < -0.39 is 23.0 Å². The van der Waals surface area contributed by atoms with E-state index in [2.05, 4.69) is 15.0 Å². The minimum Gasteiger partial charge on any atom is -0.381 e. The topological polar surface area (TPSA) is 111 Å². The minimum absolute atomic E-state index is 0.208. The number of nitrogens with zero attached hydrogens (tertiary/aromatic N) is 6. The normalized spacial score (nSPS) is 10.8. The quantitative estimate of drug-likeness (QED) is 0.357. The molecule has 0 unspecified atom stereocenters. The van der Waals surface area contributed by atoms with E-state index in [1.165, 1.54) is 29.0 Å². The number of rotatable bonds is 4. The number of thiophene rings is 2. The number of anilines is 1. The molecule has 0 radical (unpaired) electrons. The lowest BCUT2D eigenvalue weighted by molar-refractivity contribution is 0.601. The summed E-state index contributed by atoms with van der Waals surface area (Å²) in [6.45, 7) is 0. The highest BCUT2D eigenvalue weighted by Crippen LogP contribution is 2.15. The molecule has 4 rings (SSSR count). The Kier molecular flexibility index (Phi) is 7.22. The summed E-state index contributed by atoms with van der Waals surface area (Å²) in [7, 11) is 3.49. The van der Waals surface area contributed by atoms with Gasteiger partial charge in [0, 0.05) is 24.9 Å². The minimum atomic E-state index is -0.698. The number of hydrogen-bond acceptors (Lipinski definition) is 8. The SMILES string of the molecule is CN(C)C=Nc1nc(=O)n(-c2ccsc2)cc1F.Nc1nc(=O)n(-c2ccsc2)cc1F. The zero-order chi connectivity index (χ0) is 23.3. The molecule has 0 aliphatic rings. The van der Waals surface area contributed by atoms with Crippen LogP contribution in [0.3, 0.4) is 0 Å². The molecule has 9 nitrogen and oxygen atoms in total. The van der Waals surface area contributed by atoms with Crippen LogP contribution >= 0.6 is 22.7 Å². The summed E-state index contributed by atoms with van der Waals surface area (Å²) in [5.74, 6) is -1.92. The van der Waals surface area contributed by atoms with Gasteiger partial charge >= 0.3 is 11.4 Å². The first kappa shape index (κ1) is 23.0. The van der Waals surface area contributed by atoms with Crippen molar-refractivity contribution in [2.45, 2.75) is 0 Å². The van der Waals surface area contributed by atoms with Crippen molar-refractivity contribution in [2.75, 3.05) is 19.8 Å². The van der Waals surface area contributed by atoms with E-state index in [-0.39, 0.29) is 11.6 Å². The number of aliphatic imine (C=N–C) groups is 1. The van der Waals surface area contributed by atoms with Crippen LogP contribution < -0.4 is 17.1 Å². The van der Waals surface area contributed by atoms with Crippen LogP contribution in [0.4, 0.5) is 20.4 Å². The van der Waals surface area contributed by atoms with Crippen molar-refractivity contribution in [2.24, 2.45) is 4.99 Å². The molecule has 4 aromatic rings. The summed E-state index contributed by atoms with van der Waals surface area (Å²) >= 11 is 2.83. The van der Waals surface area contributed by atoms with E-state index in [4.69, 9.17) is 5.73 Å². The molecule has 4 heterocycles. The van der Waals surface area contributed by atoms with Gasteiger partial charge in [0.1, 0.15) is 0 Å². The Bertz CT molecular complexity index is 1330. The van der Waals surface area contributed by atoms with Crippen LogP contribution in [-0.4, -0.2) is 44.4 Å². The lowest BCUT2D eigenvalue weighted by Crippen LogP contribution is -2.22. The van der Waals surface area contributed by atoms with Crippen molar-refractivity contribution in [3.63, 3.8) is 0 Å². The van der Waals surface area contributed by atoms with Gasteiger partial charge in [0.2, 0.25) is 0 Å². The molecular weight excluding hydrogens is 460 g/mol. The van der Waals surface area contributed by atoms with Crippen molar-refractivity contribution >= 4 is 40.6 Å². The van der Waals surface area contributed by atoms with Gasteiger partial charge in [-0.15, -0.1) is 0 Å². The van der Waals surface area contributed by atoms with E-state index in [9.17, 15) is 18.4 Å². The van der Waals surface area contributed by atoms with E-state index in [1.807, 2.05) is 0 Å². The zero-order valence-corrected chi connectivity index (χ0v) is 18.5. The number of nitrogens with two attached hydrogens (primary N) is 1. The highest BCUT2D eigenvalue weighted by molar-refractivity contribution is 7.08. The molecule has 0 aliphatic carbocycles. The molecule has 0 aromatic carbocycles. The van der Waals surface area contributed by atoms with Gasteiger partial charge in [0.05, 0.1) is 30.1 Å². The third-order valence-electron chi connectivity index (χ3n) is 3.75. The van der Waals surface area contributed by atoms with Crippen LogP contribution in [0.1, 0.15) is 0 Å². The maximum absolute atomic E-state index is 13.7.